The lowest BCUT2D eigenvalue weighted by molar-refractivity contribution is -0.135. The summed E-state index contributed by atoms with van der Waals surface area (Å²) in [7, 11) is -2.11. The summed E-state index contributed by atoms with van der Waals surface area (Å²) in [6.07, 6.45) is 2.63. The molecule has 1 atom stereocenters. The van der Waals surface area contributed by atoms with E-state index in [0.717, 1.165) is 32.4 Å². The van der Waals surface area contributed by atoms with Gasteiger partial charge in [0.1, 0.15) is 4.90 Å². The lowest BCUT2D eigenvalue weighted by Crippen LogP contribution is -2.53. The molecular formula is C17H32ClN5O3S. The molecule has 10 heteroatoms. The van der Waals surface area contributed by atoms with Crippen LogP contribution in [0, 0.1) is 13.8 Å². The molecule has 2 rings (SSSR count). The van der Waals surface area contributed by atoms with E-state index in [9.17, 15) is 13.2 Å². The number of carbonyl (C=O) groups is 1. The van der Waals surface area contributed by atoms with E-state index in [4.69, 9.17) is 0 Å². The van der Waals surface area contributed by atoms with Gasteiger partial charge in [-0.1, -0.05) is 6.92 Å². The minimum absolute atomic E-state index is 0. The number of amides is 1. The average Bonchev–Trinajstić information content (AvgIpc) is 2.85. The van der Waals surface area contributed by atoms with Crippen molar-refractivity contribution in [2.45, 2.75) is 63.9 Å². The third-order valence-corrected chi connectivity index (χ3v) is 6.70. The molecule has 0 saturated carbocycles. The number of hydrogen-bond acceptors (Lipinski definition) is 5. The highest BCUT2D eigenvalue weighted by atomic mass is 35.5. The van der Waals surface area contributed by atoms with Crippen molar-refractivity contribution in [2.75, 3.05) is 19.6 Å². The topological polar surface area (TPSA) is 96.3 Å². The third-order valence-electron chi connectivity index (χ3n) is 4.91. The second-order valence-corrected chi connectivity index (χ2v) is 8.63. The van der Waals surface area contributed by atoms with Gasteiger partial charge in [-0.2, -0.15) is 9.82 Å². The standard InChI is InChI=1S/C17H31N5O3S.ClH/c1-6-11-22(15-7-9-18-10-8-15)17(23)13(3)20-26(24,25)16-12(2)19-21(5)14(16)4;/h13,15,18,20H,6-11H2,1-5H3;1H. The van der Waals surface area contributed by atoms with Crippen molar-refractivity contribution in [3.8, 4) is 0 Å². The SMILES string of the molecule is CCCN(C(=O)C(C)NS(=O)(=O)c1c(C)nn(C)c1C)C1CCNCC1.Cl. The van der Waals surface area contributed by atoms with Gasteiger partial charge in [0.2, 0.25) is 15.9 Å². The molecule has 27 heavy (non-hydrogen) atoms. The first-order valence-corrected chi connectivity index (χ1v) is 10.7. The fourth-order valence-electron chi connectivity index (χ4n) is 3.57. The van der Waals surface area contributed by atoms with Crippen LogP contribution in [-0.2, 0) is 21.9 Å². The van der Waals surface area contributed by atoms with Gasteiger partial charge in [-0.15, -0.1) is 12.4 Å². The van der Waals surface area contributed by atoms with E-state index in [1.807, 2.05) is 11.8 Å². The van der Waals surface area contributed by atoms with Gasteiger partial charge in [0, 0.05) is 19.6 Å². The summed E-state index contributed by atoms with van der Waals surface area (Å²) in [5, 5.41) is 7.46. The van der Waals surface area contributed by atoms with E-state index in [-0.39, 0.29) is 29.3 Å². The summed E-state index contributed by atoms with van der Waals surface area (Å²) < 4.78 is 29.7. The van der Waals surface area contributed by atoms with Crippen LogP contribution in [0.4, 0.5) is 0 Å². The second kappa shape index (κ2) is 9.86. The summed E-state index contributed by atoms with van der Waals surface area (Å²) in [6, 6.07) is -0.655. The first-order chi connectivity index (χ1) is 12.2. The largest absolute Gasteiger partial charge is 0.338 e. The molecule has 1 saturated heterocycles. The smallest absolute Gasteiger partial charge is 0.244 e. The van der Waals surface area contributed by atoms with Gasteiger partial charge in [0.15, 0.2) is 0 Å². The van der Waals surface area contributed by atoms with Gasteiger partial charge in [0.05, 0.1) is 17.4 Å². The Morgan fingerprint density at radius 1 is 1.37 bits per heavy atom. The maximum Gasteiger partial charge on any atom is 0.244 e. The van der Waals surface area contributed by atoms with Crippen LogP contribution in [0.15, 0.2) is 4.90 Å². The van der Waals surface area contributed by atoms with E-state index in [1.165, 1.54) is 4.68 Å². The summed E-state index contributed by atoms with van der Waals surface area (Å²) in [4.78, 5) is 15.0. The van der Waals surface area contributed by atoms with Crippen LogP contribution in [0.2, 0.25) is 0 Å². The Bertz CT molecular complexity index is 744. The van der Waals surface area contributed by atoms with Crippen molar-refractivity contribution >= 4 is 28.3 Å². The lowest BCUT2D eigenvalue weighted by Gasteiger charge is -2.36. The minimum Gasteiger partial charge on any atom is -0.338 e. The Morgan fingerprint density at radius 2 is 1.96 bits per heavy atom. The second-order valence-electron chi connectivity index (χ2n) is 6.98. The monoisotopic (exact) mass is 421 g/mol. The van der Waals surface area contributed by atoms with Gasteiger partial charge in [0.25, 0.3) is 0 Å². The quantitative estimate of drug-likeness (QED) is 0.687. The Labute approximate surface area is 168 Å². The molecule has 156 valence electrons. The van der Waals surface area contributed by atoms with Crippen LogP contribution in [0.25, 0.3) is 0 Å². The zero-order valence-corrected chi connectivity index (χ0v) is 18.4. The maximum absolute atomic E-state index is 13.0. The average molecular weight is 422 g/mol. The van der Waals surface area contributed by atoms with Crippen molar-refractivity contribution in [1.82, 2.24) is 24.7 Å². The van der Waals surface area contributed by atoms with Crippen LogP contribution >= 0.6 is 12.4 Å². The predicted octanol–water partition coefficient (Wildman–Crippen LogP) is 1.12. The first kappa shape index (κ1) is 23.9. The molecule has 0 aromatic carbocycles. The van der Waals surface area contributed by atoms with Crippen LogP contribution in [-0.4, -0.2) is 60.7 Å². The highest BCUT2D eigenvalue weighted by Crippen LogP contribution is 2.20. The molecule has 1 aromatic heterocycles. The van der Waals surface area contributed by atoms with Crippen molar-refractivity contribution in [3.63, 3.8) is 0 Å². The first-order valence-electron chi connectivity index (χ1n) is 9.22. The molecule has 1 aliphatic rings. The van der Waals surface area contributed by atoms with Gasteiger partial charge in [-0.25, -0.2) is 8.42 Å². The van der Waals surface area contributed by atoms with Crippen molar-refractivity contribution in [3.05, 3.63) is 11.4 Å². The van der Waals surface area contributed by atoms with Crippen LogP contribution in [0.1, 0.15) is 44.5 Å². The van der Waals surface area contributed by atoms with E-state index >= 15 is 0 Å². The zero-order chi connectivity index (χ0) is 19.5. The molecule has 0 radical (unpaired) electrons. The number of aromatic nitrogens is 2. The number of rotatable bonds is 7. The number of halogens is 1. The summed E-state index contributed by atoms with van der Waals surface area (Å²) in [5.74, 6) is -0.165. The van der Waals surface area contributed by atoms with Crippen LogP contribution in [0.5, 0.6) is 0 Å². The van der Waals surface area contributed by atoms with Gasteiger partial charge in [-0.05, 0) is 53.1 Å². The minimum atomic E-state index is -3.82. The Morgan fingerprint density at radius 3 is 2.44 bits per heavy atom. The molecule has 1 fully saturated rings. The summed E-state index contributed by atoms with van der Waals surface area (Å²) in [5.41, 5.74) is 0.985. The number of nitrogens with zero attached hydrogens (tertiary/aromatic N) is 3. The summed E-state index contributed by atoms with van der Waals surface area (Å²) in [6.45, 7) is 9.41. The predicted molar refractivity (Wildman–Crippen MR) is 108 cm³/mol. The van der Waals surface area contributed by atoms with Gasteiger partial charge in [-0.3, -0.25) is 9.48 Å². The fraction of sp³-hybridized carbons (Fsp3) is 0.765. The van der Waals surface area contributed by atoms with Crippen LogP contribution in [0.3, 0.4) is 0 Å². The molecule has 8 nitrogen and oxygen atoms in total. The Hall–Kier alpha value is -1.16. The molecule has 1 amide bonds. The molecular weight excluding hydrogens is 390 g/mol. The van der Waals surface area contributed by atoms with E-state index < -0.39 is 16.1 Å². The molecule has 1 aliphatic heterocycles. The molecule has 2 N–H and O–H groups in total. The molecule has 0 bridgehead atoms. The van der Waals surface area contributed by atoms with Crippen LogP contribution < -0.4 is 10.0 Å². The van der Waals surface area contributed by atoms with Crippen molar-refractivity contribution < 1.29 is 13.2 Å². The maximum atomic E-state index is 13.0. The molecule has 1 unspecified atom stereocenters. The lowest BCUT2D eigenvalue weighted by atomic mass is 10.0. The Kier molecular flexibility index (Phi) is 8.72. The number of carbonyl (C=O) groups excluding carboxylic acids is 1. The highest BCUT2D eigenvalue weighted by Gasteiger charge is 2.32. The zero-order valence-electron chi connectivity index (χ0n) is 16.8. The fourth-order valence-corrected chi connectivity index (χ4v) is 5.20. The van der Waals surface area contributed by atoms with E-state index in [1.54, 1.807) is 27.8 Å². The normalized spacial score (nSPS) is 16.6. The number of piperidine rings is 1. The van der Waals surface area contributed by atoms with E-state index in [0.29, 0.717) is 17.9 Å². The Balaban J connectivity index is 0.00000364. The number of hydrogen-bond donors (Lipinski definition) is 2. The van der Waals surface area contributed by atoms with Crippen molar-refractivity contribution in [1.29, 1.82) is 0 Å². The molecule has 2 heterocycles. The van der Waals surface area contributed by atoms with E-state index in [2.05, 4.69) is 15.1 Å². The molecule has 0 aliphatic carbocycles. The van der Waals surface area contributed by atoms with Gasteiger partial charge < -0.3 is 10.2 Å². The number of nitrogens with one attached hydrogen (secondary N) is 2. The van der Waals surface area contributed by atoms with Gasteiger partial charge >= 0.3 is 0 Å². The molecule has 0 spiro atoms. The number of sulfonamides is 1. The summed E-state index contributed by atoms with van der Waals surface area (Å²) >= 11 is 0. The number of aryl methyl sites for hydroxylation is 2. The highest BCUT2D eigenvalue weighted by molar-refractivity contribution is 7.89. The van der Waals surface area contributed by atoms with Crippen molar-refractivity contribution in [2.24, 2.45) is 7.05 Å². The third kappa shape index (κ3) is 5.43. The molecule has 1 aromatic rings.